The first-order valence-electron chi connectivity index (χ1n) is 7.11. The van der Waals surface area contributed by atoms with Crippen molar-refractivity contribution >= 4 is 5.91 Å². The van der Waals surface area contributed by atoms with Gasteiger partial charge in [-0.2, -0.15) is 0 Å². The fraction of sp³-hybridized carbons (Fsp3) is 0.929. The molecule has 4 nitrogen and oxygen atoms in total. The molecule has 2 rings (SSSR count). The topological polar surface area (TPSA) is 64.3 Å². The largest absolute Gasteiger partial charge is 0.378 e. The quantitative estimate of drug-likeness (QED) is 0.783. The lowest BCUT2D eigenvalue weighted by Gasteiger charge is -2.56. The van der Waals surface area contributed by atoms with Crippen LogP contribution >= 0.6 is 0 Å². The third-order valence-electron chi connectivity index (χ3n) is 4.84. The molecule has 0 aromatic heterocycles. The lowest BCUT2D eigenvalue weighted by atomic mass is 9.60. The van der Waals surface area contributed by atoms with Gasteiger partial charge in [0, 0.05) is 18.1 Å². The first kappa shape index (κ1) is 13.8. The Bertz CT molecular complexity index is 322. The summed E-state index contributed by atoms with van der Waals surface area (Å²) in [7, 11) is 0. The van der Waals surface area contributed by atoms with Crippen LogP contribution in [0, 0.1) is 5.41 Å². The van der Waals surface area contributed by atoms with E-state index in [1.165, 1.54) is 25.7 Å². The molecule has 2 atom stereocenters. The minimum absolute atomic E-state index is 0.253. The van der Waals surface area contributed by atoms with E-state index < -0.39 is 5.54 Å². The highest BCUT2D eigenvalue weighted by molar-refractivity contribution is 5.83. The van der Waals surface area contributed by atoms with E-state index in [0.717, 1.165) is 13.0 Å². The molecule has 2 saturated carbocycles. The van der Waals surface area contributed by atoms with E-state index in [1.54, 1.807) is 0 Å². The molecule has 1 spiro atoms. The van der Waals surface area contributed by atoms with Crippen molar-refractivity contribution in [2.75, 3.05) is 6.61 Å². The Morgan fingerprint density at radius 2 is 2.06 bits per heavy atom. The van der Waals surface area contributed by atoms with Gasteiger partial charge in [-0.3, -0.25) is 4.79 Å². The van der Waals surface area contributed by atoms with Crippen molar-refractivity contribution in [1.82, 2.24) is 5.32 Å². The molecule has 18 heavy (non-hydrogen) atoms. The summed E-state index contributed by atoms with van der Waals surface area (Å²) in [6, 6.07) is 0.374. The highest BCUT2D eigenvalue weighted by atomic mass is 16.5. The lowest BCUT2D eigenvalue weighted by molar-refractivity contribution is -0.142. The summed E-state index contributed by atoms with van der Waals surface area (Å²) < 4.78 is 5.86. The Hall–Kier alpha value is -0.610. The molecule has 0 aromatic rings. The summed E-state index contributed by atoms with van der Waals surface area (Å²) in [6.07, 6.45) is 6.35. The number of carbonyl (C=O) groups excluding carboxylic acids is 1. The Kier molecular flexibility index (Phi) is 3.70. The standard InChI is InChI=1S/C14H26N2O2/c1-4-18-11-9-10(14(11)7-5-6-8-14)16-13(2,3)12(15)17/h10-11,16H,4-9H2,1-3H3,(H2,15,17). The number of amides is 1. The fourth-order valence-electron chi connectivity index (χ4n) is 3.60. The molecule has 4 heteroatoms. The van der Waals surface area contributed by atoms with E-state index in [4.69, 9.17) is 10.5 Å². The van der Waals surface area contributed by atoms with Gasteiger partial charge in [0.2, 0.25) is 5.91 Å². The van der Waals surface area contributed by atoms with Crippen molar-refractivity contribution in [2.45, 2.75) is 70.6 Å². The number of hydrogen-bond donors (Lipinski definition) is 2. The highest BCUT2D eigenvalue weighted by Crippen LogP contribution is 2.55. The molecular weight excluding hydrogens is 228 g/mol. The highest BCUT2D eigenvalue weighted by Gasteiger charge is 2.57. The Morgan fingerprint density at radius 3 is 2.56 bits per heavy atom. The third-order valence-corrected chi connectivity index (χ3v) is 4.84. The number of hydrogen-bond acceptors (Lipinski definition) is 3. The second kappa shape index (κ2) is 4.82. The average molecular weight is 254 g/mol. The van der Waals surface area contributed by atoms with Gasteiger partial charge in [0.05, 0.1) is 11.6 Å². The van der Waals surface area contributed by atoms with Crippen LogP contribution in [-0.2, 0) is 9.53 Å². The van der Waals surface area contributed by atoms with Gasteiger partial charge in [-0.25, -0.2) is 0 Å². The first-order valence-corrected chi connectivity index (χ1v) is 7.11. The van der Waals surface area contributed by atoms with Crippen LogP contribution in [0.2, 0.25) is 0 Å². The molecule has 0 heterocycles. The summed E-state index contributed by atoms with van der Waals surface area (Å²) in [6.45, 7) is 6.56. The molecule has 0 saturated heterocycles. The monoisotopic (exact) mass is 254 g/mol. The van der Waals surface area contributed by atoms with Crippen LogP contribution in [0.15, 0.2) is 0 Å². The van der Waals surface area contributed by atoms with E-state index in [1.807, 2.05) is 13.8 Å². The minimum Gasteiger partial charge on any atom is -0.378 e. The van der Waals surface area contributed by atoms with Crippen molar-refractivity contribution in [3.63, 3.8) is 0 Å². The number of carbonyl (C=O) groups is 1. The van der Waals surface area contributed by atoms with Crippen molar-refractivity contribution in [3.8, 4) is 0 Å². The van der Waals surface area contributed by atoms with Crippen molar-refractivity contribution in [2.24, 2.45) is 11.1 Å². The van der Waals surface area contributed by atoms with Crippen LogP contribution in [0.1, 0.15) is 52.9 Å². The van der Waals surface area contributed by atoms with E-state index in [0.29, 0.717) is 12.1 Å². The van der Waals surface area contributed by atoms with Crippen molar-refractivity contribution in [3.05, 3.63) is 0 Å². The molecule has 0 aromatic carbocycles. The van der Waals surface area contributed by atoms with Gasteiger partial charge in [0.25, 0.3) is 0 Å². The fourth-order valence-corrected chi connectivity index (χ4v) is 3.60. The third kappa shape index (κ3) is 2.16. The van der Waals surface area contributed by atoms with E-state index >= 15 is 0 Å². The first-order chi connectivity index (χ1) is 8.42. The number of ether oxygens (including phenoxy) is 1. The normalized spacial score (nSPS) is 30.4. The average Bonchev–Trinajstić information content (AvgIpc) is 2.79. The molecule has 0 aliphatic heterocycles. The summed E-state index contributed by atoms with van der Waals surface area (Å²) in [5, 5.41) is 3.46. The lowest BCUT2D eigenvalue weighted by Crippen LogP contribution is -2.68. The van der Waals surface area contributed by atoms with Crippen LogP contribution in [0.4, 0.5) is 0 Å². The molecule has 0 radical (unpaired) electrons. The van der Waals surface area contributed by atoms with Gasteiger partial charge in [0.15, 0.2) is 0 Å². The number of primary amides is 1. The van der Waals surface area contributed by atoms with Crippen molar-refractivity contribution < 1.29 is 9.53 Å². The van der Waals surface area contributed by atoms with Gasteiger partial charge >= 0.3 is 0 Å². The molecule has 2 fully saturated rings. The second-order valence-corrected chi connectivity index (χ2v) is 6.31. The predicted molar refractivity (Wildman–Crippen MR) is 71.1 cm³/mol. The predicted octanol–water partition coefficient (Wildman–Crippen LogP) is 1.58. The number of rotatable bonds is 5. The van der Waals surface area contributed by atoms with Gasteiger partial charge < -0.3 is 15.8 Å². The van der Waals surface area contributed by atoms with Crippen LogP contribution < -0.4 is 11.1 Å². The molecule has 2 aliphatic rings. The van der Waals surface area contributed by atoms with Crippen LogP contribution in [0.25, 0.3) is 0 Å². The number of nitrogens with two attached hydrogens (primary N) is 1. The van der Waals surface area contributed by atoms with Crippen LogP contribution in [0.3, 0.4) is 0 Å². The molecule has 104 valence electrons. The second-order valence-electron chi connectivity index (χ2n) is 6.31. The van der Waals surface area contributed by atoms with E-state index in [2.05, 4.69) is 12.2 Å². The smallest absolute Gasteiger partial charge is 0.237 e. The van der Waals surface area contributed by atoms with Crippen molar-refractivity contribution in [1.29, 1.82) is 0 Å². The SMILES string of the molecule is CCOC1CC(NC(C)(C)C(N)=O)C12CCCC2. The van der Waals surface area contributed by atoms with Crippen LogP contribution in [0.5, 0.6) is 0 Å². The molecule has 2 aliphatic carbocycles. The summed E-state index contributed by atoms with van der Waals surface area (Å²) in [5.74, 6) is -0.282. The molecular formula is C14H26N2O2. The van der Waals surface area contributed by atoms with Gasteiger partial charge in [0.1, 0.15) is 0 Å². The Labute approximate surface area is 110 Å². The summed E-state index contributed by atoms with van der Waals surface area (Å²) in [5.41, 5.74) is 5.07. The summed E-state index contributed by atoms with van der Waals surface area (Å²) >= 11 is 0. The van der Waals surface area contributed by atoms with Gasteiger partial charge in [-0.05, 0) is 40.0 Å². The molecule has 2 unspecified atom stereocenters. The zero-order valence-corrected chi connectivity index (χ0v) is 11.8. The van der Waals surface area contributed by atoms with Gasteiger partial charge in [-0.15, -0.1) is 0 Å². The minimum atomic E-state index is -0.628. The van der Waals surface area contributed by atoms with Gasteiger partial charge in [-0.1, -0.05) is 12.8 Å². The maximum atomic E-state index is 11.4. The number of nitrogens with one attached hydrogen (secondary N) is 1. The van der Waals surface area contributed by atoms with E-state index in [9.17, 15) is 4.79 Å². The maximum Gasteiger partial charge on any atom is 0.237 e. The maximum absolute atomic E-state index is 11.4. The zero-order chi connectivity index (χ0) is 13.4. The molecule has 3 N–H and O–H groups in total. The molecule has 0 bridgehead atoms. The Balaban J connectivity index is 2.04. The van der Waals surface area contributed by atoms with E-state index in [-0.39, 0.29) is 11.3 Å². The molecule has 1 amide bonds. The zero-order valence-electron chi connectivity index (χ0n) is 11.8. The summed E-state index contributed by atoms with van der Waals surface area (Å²) in [4.78, 5) is 11.4. The Morgan fingerprint density at radius 1 is 1.44 bits per heavy atom. The van der Waals surface area contributed by atoms with Crippen LogP contribution in [-0.4, -0.2) is 30.2 Å².